The first-order valence-corrected chi connectivity index (χ1v) is 8.31. The molecule has 0 spiro atoms. The van der Waals surface area contributed by atoms with Crippen LogP contribution < -0.4 is 5.32 Å². The molecule has 5 nitrogen and oxygen atoms in total. The lowest BCUT2D eigenvalue weighted by atomic mass is 10.1. The molecule has 0 aliphatic heterocycles. The van der Waals surface area contributed by atoms with Gasteiger partial charge in [-0.25, -0.2) is 0 Å². The van der Waals surface area contributed by atoms with E-state index in [1.807, 2.05) is 18.2 Å². The molecule has 0 unspecified atom stereocenters. The smallest absolute Gasteiger partial charge is 0.267 e. The molecule has 0 radical (unpaired) electrons. The summed E-state index contributed by atoms with van der Waals surface area (Å²) in [6, 6.07) is 9.72. The van der Waals surface area contributed by atoms with Crippen LogP contribution in [0.2, 0.25) is 0 Å². The zero-order chi connectivity index (χ0) is 17.5. The standard InChI is InChI=1S/C19H25N3O2/c1-4-22(5-2)13-16-9-7-6-8-15(16)11-21-19(24)18-10-17(12-20-18)14(3)23/h6-10,12,20H,4-5,11,13H2,1-3H3,(H,21,24). The molecule has 1 amide bonds. The third-order valence-corrected chi connectivity index (χ3v) is 4.18. The number of rotatable bonds is 8. The number of hydrogen-bond acceptors (Lipinski definition) is 3. The first kappa shape index (κ1) is 17.9. The number of nitrogens with one attached hydrogen (secondary N) is 2. The van der Waals surface area contributed by atoms with Crippen LogP contribution in [0.3, 0.4) is 0 Å². The predicted octanol–water partition coefficient (Wildman–Crippen LogP) is 2.99. The summed E-state index contributed by atoms with van der Waals surface area (Å²) in [4.78, 5) is 28.7. The lowest BCUT2D eigenvalue weighted by Crippen LogP contribution is -2.26. The van der Waals surface area contributed by atoms with Crippen LogP contribution in [0.4, 0.5) is 0 Å². The van der Waals surface area contributed by atoms with E-state index in [0.717, 1.165) is 25.2 Å². The van der Waals surface area contributed by atoms with E-state index >= 15 is 0 Å². The molecule has 24 heavy (non-hydrogen) atoms. The second-order valence-corrected chi connectivity index (χ2v) is 5.77. The van der Waals surface area contributed by atoms with E-state index in [2.05, 4.69) is 35.1 Å². The first-order chi connectivity index (χ1) is 11.5. The third-order valence-electron chi connectivity index (χ3n) is 4.18. The molecule has 2 aromatic rings. The van der Waals surface area contributed by atoms with Gasteiger partial charge in [-0.3, -0.25) is 14.5 Å². The third kappa shape index (κ3) is 4.55. The topological polar surface area (TPSA) is 65.2 Å². The fraction of sp³-hybridized carbons (Fsp3) is 0.368. The van der Waals surface area contributed by atoms with Gasteiger partial charge in [0.15, 0.2) is 5.78 Å². The maximum absolute atomic E-state index is 12.2. The van der Waals surface area contributed by atoms with E-state index < -0.39 is 0 Å². The molecule has 0 fully saturated rings. The average Bonchev–Trinajstić information content (AvgIpc) is 3.09. The molecular formula is C19H25N3O2. The van der Waals surface area contributed by atoms with E-state index in [4.69, 9.17) is 0 Å². The van der Waals surface area contributed by atoms with Crippen molar-refractivity contribution in [3.05, 3.63) is 58.9 Å². The number of H-pyrrole nitrogens is 1. The van der Waals surface area contributed by atoms with Gasteiger partial charge < -0.3 is 10.3 Å². The van der Waals surface area contributed by atoms with Gasteiger partial charge in [0, 0.05) is 24.8 Å². The van der Waals surface area contributed by atoms with Gasteiger partial charge in [0.1, 0.15) is 5.69 Å². The largest absolute Gasteiger partial charge is 0.356 e. The SMILES string of the molecule is CCN(CC)Cc1ccccc1CNC(=O)c1cc(C(C)=O)c[nH]1. The van der Waals surface area contributed by atoms with E-state index in [1.54, 1.807) is 12.3 Å². The van der Waals surface area contributed by atoms with E-state index in [0.29, 0.717) is 17.8 Å². The Morgan fingerprint density at radius 1 is 1.12 bits per heavy atom. The Labute approximate surface area is 143 Å². The fourth-order valence-corrected chi connectivity index (χ4v) is 2.57. The molecule has 0 aliphatic rings. The van der Waals surface area contributed by atoms with Gasteiger partial charge in [-0.2, -0.15) is 0 Å². The minimum atomic E-state index is -0.208. The number of nitrogens with zero attached hydrogens (tertiary/aromatic N) is 1. The number of benzene rings is 1. The van der Waals surface area contributed by atoms with E-state index in [1.165, 1.54) is 12.5 Å². The second kappa shape index (κ2) is 8.45. The van der Waals surface area contributed by atoms with Crippen LogP contribution in [0.25, 0.3) is 0 Å². The molecule has 0 atom stereocenters. The van der Waals surface area contributed by atoms with Gasteiger partial charge in [-0.1, -0.05) is 38.1 Å². The molecule has 5 heteroatoms. The Balaban J connectivity index is 2.03. The molecular weight excluding hydrogens is 302 g/mol. The average molecular weight is 327 g/mol. The van der Waals surface area contributed by atoms with Crippen LogP contribution in [-0.4, -0.2) is 34.7 Å². The number of aromatic nitrogens is 1. The Bertz CT molecular complexity index is 702. The molecule has 1 aromatic heterocycles. The zero-order valence-electron chi connectivity index (χ0n) is 14.6. The van der Waals surface area contributed by atoms with Crippen LogP contribution in [0.5, 0.6) is 0 Å². The van der Waals surface area contributed by atoms with Gasteiger partial charge >= 0.3 is 0 Å². The maximum Gasteiger partial charge on any atom is 0.267 e. The molecule has 2 N–H and O–H groups in total. The summed E-state index contributed by atoms with van der Waals surface area (Å²) in [6.45, 7) is 9.09. The van der Waals surface area contributed by atoms with Crippen molar-refractivity contribution in [1.29, 1.82) is 0 Å². The minimum Gasteiger partial charge on any atom is -0.356 e. The number of carbonyl (C=O) groups excluding carboxylic acids is 2. The highest BCUT2D eigenvalue weighted by molar-refractivity contribution is 5.99. The summed E-state index contributed by atoms with van der Waals surface area (Å²) in [7, 11) is 0. The van der Waals surface area contributed by atoms with Crippen molar-refractivity contribution in [1.82, 2.24) is 15.2 Å². The van der Waals surface area contributed by atoms with Gasteiger partial charge in [0.2, 0.25) is 0 Å². The monoisotopic (exact) mass is 327 g/mol. The van der Waals surface area contributed by atoms with E-state index in [9.17, 15) is 9.59 Å². The van der Waals surface area contributed by atoms with Crippen molar-refractivity contribution >= 4 is 11.7 Å². The number of carbonyl (C=O) groups is 2. The number of hydrogen-bond donors (Lipinski definition) is 2. The van der Waals surface area contributed by atoms with E-state index in [-0.39, 0.29) is 11.7 Å². The normalized spacial score (nSPS) is 10.8. The zero-order valence-corrected chi connectivity index (χ0v) is 14.6. The molecule has 128 valence electrons. The highest BCUT2D eigenvalue weighted by Crippen LogP contribution is 2.12. The second-order valence-electron chi connectivity index (χ2n) is 5.77. The van der Waals surface area contributed by atoms with Gasteiger partial charge in [0.25, 0.3) is 5.91 Å². The Morgan fingerprint density at radius 2 is 1.79 bits per heavy atom. The fourth-order valence-electron chi connectivity index (χ4n) is 2.57. The van der Waals surface area contributed by atoms with Crippen LogP contribution in [0, 0.1) is 0 Å². The summed E-state index contributed by atoms with van der Waals surface area (Å²) in [6.07, 6.45) is 1.56. The van der Waals surface area contributed by atoms with Crippen LogP contribution >= 0.6 is 0 Å². The van der Waals surface area contributed by atoms with Crippen LogP contribution in [0.1, 0.15) is 52.7 Å². The summed E-state index contributed by atoms with van der Waals surface area (Å²) in [5.74, 6) is -0.269. The Kier molecular flexibility index (Phi) is 6.32. The van der Waals surface area contributed by atoms with Crippen LogP contribution in [-0.2, 0) is 13.1 Å². The summed E-state index contributed by atoms with van der Waals surface area (Å²) in [5, 5.41) is 2.92. The lowest BCUT2D eigenvalue weighted by Gasteiger charge is -2.20. The minimum absolute atomic E-state index is 0.0603. The number of amides is 1. The van der Waals surface area contributed by atoms with Gasteiger partial charge in [-0.05, 0) is 37.2 Å². The summed E-state index contributed by atoms with van der Waals surface area (Å²) in [5.41, 5.74) is 3.25. The Morgan fingerprint density at radius 3 is 2.38 bits per heavy atom. The predicted molar refractivity (Wildman–Crippen MR) is 95.0 cm³/mol. The highest BCUT2D eigenvalue weighted by Gasteiger charge is 2.12. The van der Waals surface area contributed by atoms with Gasteiger partial charge in [0.05, 0.1) is 0 Å². The van der Waals surface area contributed by atoms with Crippen LogP contribution in [0.15, 0.2) is 36.5 Å². The van der Waals surface area contributed by atoms with Gasteiger partial charge in [-0.15, -0.1) is 0 Å². The van der Waals surface area contributed by atoms with Crippen molar-refractivity contribution in [2.24, 2.45) is 0 Å². The lowest BCUT2D eigenvalue weighted by molar-refractivity contribution is 0.0946. The van der Waals surface area contributed by atoms with Crippen molar-refractivity contribution < 1.29 is 9.59 Å². The molecule has 0 saturated carbocycles. The Hall–Kier alpha value is -2.40. The molecule has 0 bridgehead atoms. The van der Waals surface area contributed by atoms with Crippen molar-refractivity contribution in [3.8, 4) is 0 Å². The molecule has 2 rings (SSSR count). The molecule has 0 aliphatic carbocycles. The number of ketones is 1. The maximum atomic E-state index is 12.2. The first-order valence-electron chi connectivity index (χ1n) is 8.31. The molecule has 1 heterocycles. The van der Waals surface area contributed by atoms with Crippen molar-refractivity contribution in [2.75, 3.05) is 13.1 Å². The summed E-state index contributed by atoms with van der Waals surface area (Å²) >= 11 is 0. The quantitative estimate of drug-likeness (QED) is 0.733. The molecule has 0 saturated heterocycles. The van der Waals surface area contributed by atoms with Crippen molar-refractivity contribution in [3.63, 3.8) is 0 Å². The molecule has 1 aromatic carbocycles. The summed E-state index contributed by atoms with van der Waals surface area (Å²) < 4.78 is 0. The number of aromatic amines is 1. The van der Waals surface area contributed by atoms with Crippen molar-refractivity contribution in [2.45, 2.75) is 33.9 Å². The highest BCUT2D eigenvalue weighted by atomic mass is 16.2. The number of Topliss-reactive ketones (excluding diaryl/α,β-unsaturated/α-hetero) is 1.